The minimum absolute atomic E-state index is 0.105. The first-order valence-corrected chi connectivity index (χ1v) is 7.34. The van der Waals surface area contributed by atoms with Crippen LogP contribution in [0.15, 0.2) is 30.3 Å². The fraction of sp³-hybridized carbons (Fsp3) is 0.500. The summed E-state index contributed by atoms with van der Waals surface area (Å²) in [6.07, 6.45) is 1.90. The highest BCUT2D eigenvalue weighted by Crippen LogP contribution is 2.49. The lowest BCUT2D eigenvalue weighted by Gasteiger charge is -2.26. The van der Waals surface area contributed by atoms with Crippen LogP contribution < -0.4 is 0 Å². The molecular weight excluding hydrogens is 292 g/mol. The van der Waals surface area contributed by atoms with E-state index in [0.717, 1.165) is 11.3 Å². The molecule has 6 heteroatoms. The van der Waals surface area contributed by atoms with Gasteiger partial charge in [-0.2, -0.15) is 8.78 Å². The van der Waals surface area contributed by atoms with E-state index in [9.17, 15) is 23.5 Å². The van der Waals surface area contributed by atoms with Gasteiger partial charge < -0.3 is 10.0 Å². The second kappa shape index (κ2) is 5.04. The maximum absolute atomic E-state index is 14.4. The van der Waals surface area contributed by atoms with Gasteiger partial charge in [-0.15, -0.1) is 0 Å². The van der Waals surface area contributed by atoms with E-state index in [0.29, 0.717) is 12.8 Å². The lowest BCUT2D eigenvalue weighted by atomic mass is 9.81. The van der Waals surface area contributed by atoms with Gasteiger partial charge in [0, 0.05) is 18.7 Å². The first-order chi connectivity index (χ1) is 10.4. The van der Waals surface area contributed by atoms with E-state index in [1.807, 2.05) is 0 Å². The SMILES string of the molecule is O=C(N1C[C@@H]2CCC[C@@]2(C(=O)O)C1)C(F)(F)c1ccccc1. The largest absolute Gasteiger partial charge is 0.481 e. The van der Waals surface area contributed by atoms with Gasteiger partial charge in [-0.1, -0.05) is 36.8 Å². The molecule has 22 heavy (non-hydrogen) atoms. The molecule has 1 aromatic rings. The fourth-order valence-corrected chi connectivity index (χ4v) is 3.76. The molecule has 3 rings (SSSR count). The number of halogens is 2. The van der Waals surface area contributed by atoms with Crippen molar-refractivity contribution in [2.75, 3.05) is 13.1 Å². The Labute approximate surface area is 126 Å². The van der Waals surface area contributed by atoms with Crippen LogP contribution in [0.2, 0.25) is 0 Å². The number of alkyl halides is 2. The van der Waals surface area contributed by atoms with Crippen molar-refractivity contribution in [1.82, 2.24) is 4.90 Å². The average molecular weight is 309 g/mol. The van der Waals surface area contributed by atoms with E-state index in [1.54, 1.807) is 6.07 Å². The molecule has 0 bridgehead atoms. The molecule has 0 radical (unpaired) electrons. The minimum atomic E-state index is -3.63. The molecule has 0 unspecified atom stereocenters. The Kier molecular flexibility index (Phi) is 3.42. The van der Waals surface area contributed by atoms with E-state index >= 15 is 0 Å². The predicted octanol–water partition coefficient (Wildman–Crippen LogP) is 2.49. The quantitative estimate of drug-likeness (QED) is 0.933. The van der Waals surface area contributed by atoms with Crippen molar-refractivity contribution in [2.24, 2.45) is 11.3 Å². The monoisotopic (exact) mass is 309 g/mol. The highest BCUT2D eigenvalue weighted by atomic mass is 19.3. The molecule has 4 nitrogen and oxygen atoms in total. The summed E-state index contributed by atoms with van der Waals surface area (Å²) in [5, 5.41) is 9.47. The number of carbonyl (C=O) groups excluding carboxylic acids is 1. The van der Waals surface area contributed by atoms with Gasteiger partial charge >= 0.3 is 11.9 Å². The summed E-state index contributed by atoms with van der Waals surface area (Å²) < 4.78 is 28.7. The number of carboxylic acids is 1. The number of nitrogens with zero attached hydrogens (tertiary/aromatic N) is 1. The third kappa shape index (κ3) is 2.09. The summed E-state index contributed by atoms with van der Waals surface area (Å²) in [6, 6.07) is 6.93. The Morgan fingerprint density at radius 2 is 1.95 bits per heavy atom. The van der Waals surface area contributed by atoms with Crippen molar-refractivity contribution in [3.05, 3.63) is 35.9 Å². The lowest BCUT2D eigenvalue weighted by Crippen LogP contribution is -2.43. The molecular formula is C16H17F2NO3. The fourth-order valence-electron chi connectivity index (χ4n) is 3.76. The van der Waals surface area contributed by atoms with Gasteiger partial charge in [-0.05, 0) is 18.8 Å². The van der Waals surface area contributed by atoms with Gasteiger partial charge in [0.2, 0.25) is 0 Å². The third-order valence-corrected chi connectivity index (χ3v) is 4.99. The van der Waals surface area contributed by atoms with Crippen LogP contribution in [0.5, 0.6) is 0 Å². The molecule has 2 aliphatic rings. The zero-order valence-electron chi connectivity index (χ0n) is 12.0. The minimum Gasteiger partial charge on any atom is -0.481 e. The number of aliphatic carboxylic acids is 1. The number of likely N-dealkylation sites (tertiary alicyclic amines) is 1. The van der Waals surface area contributed by atoms with Crippen LogP contribution in [0.4, 0.5) is 8.78 Å². The molecule has 2 fully saturated rings. The topological polar surface area (TPSA) is 57.6 Å². The molecule has 1 aromatic carbocycles. The van der Waals surface area contributed by atoms with Crippen molar-refractivity contribution in [2.45, 2.75) is 25.2 Å². The molecule has 1 heterocycles. The molecule has 1 saturated carbocycles. The first kappa shape index (κ1) is 14.9. The Morgan fingerprint density at radius 3 is 2.55 bits per heavy atom. The number of benzene rings is 1. The number of rotatable bonds is 3. The molecule has 1 aliphatic heterocycles. The standard InChI is InChI=1S/C16H17F2NO3/c17-16(18,11-5-2-1-3-6-11)13(20)19-9-12-7-4-8-15(12,10-19)14(21)22/h1-3,5-6,12H,4,7-10H2,(H,21,22)/t12-,15+/m0/s1. The highest BCUT2D eigenvalue weighted by Gasteiger charge is 2.58. The van der Waals surface area contributed by atoms with Crippen molar-refractivity contribution in [3.8, 4) is 0 Å². The third-order valence-electron chi connectivity index (χ3n) is 4.99. The molecule has 1 amide bonds. The van der Waals surface area contributed by atoms with Crippen LogP contribution in [0.1, 0.15) is 24.8 Å². The summed E-state index contributed by atoms with van der Waals surface area (Å²) >= 11 is 0. The second-order valence-corrected chi connectivity index (χ2v) is 6.18. The summed E-state index contributed by atoms with van der Waals surface area (Å²) in [4.78, 5) is 24.8. The molecule has 1 saturated heterocycles. The van der Waals surface area contributed by atoms with Crippen LogP contribution in [0.25, 0.3) is 0 Å². The van der Waals surface area contributed by atoms with E-state index in [-0.39, 0.29) is 24.6 Å². The van der Waals surface area contributed by atoms with Gasteiger partial charge in [-0.25, -0.2) is 0 Å². The summed E-state index contributed by atoms with van der Waals surface area (Å²) in [6.45, 7) is -0.0121. The van der Waals surface area contributed by atoms with Gasteiger partial charge in [0.15, 0.2) is 0 Å². The van der Waals surface area contributed by atoms with Gasteiger partial charge in [0.25, 0.3) is 5.91 Å². The van der Waals surface area contributed by atoms with Crippen LogP contribution in [0, 0.1) is 11.3 Å². The summed E-state index contributed by atoms with van der Waals surface area (Å²) in [5.41, 5.74) is -1.40. The van der Waals surface area contributed by atoms with Gasteiger partial charge in [0.1, 0.15) is 0 Å². The normalized spacial score (nSPS) is 27.7. The van der Waals surface area contributed by atoms with E-state index in [4.69, 9.17) is 0 Å². The number of carbonyl (C=O) groups is 2. The van der Waals surface area contributed by atoms with Crippen molar-refractivity contribution in [3.63, 3.8) is 0 Å². The number of amides is 1. The van der Waals surface area contributed by atoms with E-state index < -0.39 is 23.2 Å². The van der Waals surface area contributed by atoms with Crippen LogP contribution in [-0.4, -0.2) is 35.0 Å². The van der Waals surface area contributed by atoms with Gasteiger partial charge in [0.05, 0.1) is 5.41 Å². The number of carboxylic acid groups (broad SMARTS) is 1. The molecule has 0 spiro atoms. The number of hydrogen-bond acceptors (Lipinski definition) is 2. The first-order valence-electron chi connectivity index (χ1n) is 7.34. The Bertz CT molecular complexity index is 605. The van der Waals surface area contributed by atoms with Crippen molar-refractivity contribution < 1.29 is 23.5 Å². The smallest absolute Gasteiger partial charge is 0.349 e. The zero-order valence-corrected chi connectivity index (χ0v) is 12.0. The average Bonchev–Trinajstić information content (AvgIpc) is 3.05. The van der Waals surface area contributed by atoms with Gasteiger partial charge in [-0.3, -0.25) is 9.59 Å². The molecule has 118 valence electrons. The Hall–Kier alpha value is -1.98. The number of hydrogen-bond donors (Lipinski definition) is 1. The lowest BCUT2D eigenvalue weighted by molar-refractivity contribution is -0.159. The number of fused-ring (bicyclic) bond motifs is 1. The zero-order chi connectivity index (χ0) is 16.0. The van der Waals surface area contributed by atoms with E-state index in [1.165, 1.54) is 24.3 Å². The molecule has 0 aromatic heterocycles. The Balaban J connectivity index is 1.84. The highest BCUT2D eigenvalue weighted by molar-refractivity contribution is 5.87. The maximum atomic E-state index is 14.4. The molecule has 1 N–H and O–H groups in total. The summed E-state index contributed by atoms with van der Waals surface area (Å²) in [7, 11) is 0. The summed E-state index contributed by atoms with van der Waals surface area (Å²) in [5.74, 6) is -6.12. The molecule has 1 aliphatic carbocycles. The Morgan fingerprint density at radius 1 is 1.27 bits per heavy atom. The van der Waals surface area contributed by atoms with Crippen molar-refractivity contribution >= 4 is 11.9 Å². The maximum Gasteiger partial charge on any atom is 0.349 e. The van der Waals surface area contributed by atoms with Crippen LogP contribution in [0.3, 0.4) is 0 Å². The van der Waals surface area contributed by atoms with Crippen molar-refractivity contribution in [1.29, 1.82) is 0 Å². The predicted molar refractivity (Wildman–Crippen MR) is 74.3 cm³/mol. The van der Waals surface area contributed by atoms with Crippen LogP contribution in [-0.2, 0) is 15.5 Å². The molecule has 2 atom stereocenters. The van der Waals surface area contributed by atoms with Crippen LogP contribution >= 0.6 is 0 Å². The van der Waals surface area contributed by atoms with E-state index in [2.05, 4.69) is 0 Å². The second-order valence-electron chi connectivity index (χ2n) is 6.18.